The van der Waals surface area contributed by atoms with Crippen LogP contribution in [0.15, 0.2) is 42.9 Å². The molecule has 2 aromatic heterocycles. The normalized spacial score (nSPS) is 10.9. The number of benzene rings is 1. The van der Waals surface area contributed by atoms with Gasteiger partial charge in [0.2, 0.25) is 0 Å². The van der Waals surface area contributed by atoms with Gasteiger partial charge in [0.1, 0.15) is 5.82 Å². The molecular weight excluding hydrogens is 217 g/mol. The van der Waals surface area contributed by atoms with E-state index in [1.54, 1.807) is 23.0 Å². The fraction of sp³-hybridized carbons (Fsp3) is 0.0769. The molecule has 0 N–H and O–H groups in total. The van der Waals surface area contributed by atoms with Gasteiger partial charge in [-0.1, -0.05) is 6.07 Å². The molecule has 0 aliphatic rings. The van der Waals surface area contributed by atoms with Gasteiger partial charge in [0, 0.05) is 18.0 Å². The van der Waals surface area contributed by atoms with E-state index in [4.69, 9.17) is 0 Å². The van der Waals surface area contributed by atoms with E-state index in [1.165, 1.54) is 12.1 Å². The smallest absolute Gasteiger partial charge is 0.162 e. The van der Waals surface area contributed by atoms with Crippen molar-refractivity contribution in [3.05, 3.63) is 54.2 Å². The summed E-state index contributed by atoms with van der Waals surface area (Å²) >= 11 is 0. The molecule has 3 aromatic rings. The van der Waals surface area contributed by atoms with Crippen molar-refractivity contribution >= 4 is 5.65 Å². The van der Waals surface area contributed by atoms with Gasteiger partial charge in [-0.3, -0.25) is 0 Å². The van der Waals surface area contributed by atoms with Crippen LogP contribution in [-0.2, 0) is 0 Å². The van der Waals surface area contributed by atoms with Gasteiger partial charge in [-0.25, -0.2) is 13.9 Å². The third-order valence-electron chi connectivity index (χ3n) is 2.77. The van der Waals surface area contributed by atoms with Gasteiger partial charge in [-0.15, -0.1) is 0 Å². The lowest BCUT2D eigenvalue weighted by Gasteiger charge is -2.03. The average Bonchev–Trinajstić information content (AvgIpc) is 2.76. The van der Waals surface area contributed by atoms with Crippen LogP contribution >= 0.6 is 0 Å². The number of hydrogen-bond donors (Lipinski definition) is 0. The topological polar surface area (TPSA) is 30.2 Å². The van der Waals surface area contributed by atoms with Crippen molar-refractivity contribution in [3.63, 3.8) is 0 Å². The number of halogens is 1. The molecule has 0 aliphatic heterocycles. The van der Waals surface area contributed by atoms with Gasteiger partial charge in [-0.2, -0.15) is 5.10 Å². The monoisotopic (exact) mass is 227 g/mol. The second-order valence-corrected chi connectivity index (χ2v) is 3.91. The zero-order valence-electron chi connectivity index (χ0n) is 9.26. The predicted molar refractivity (Wildman–Crippen MR) is 63.1 cm³/mol. The van der Waals surface area contributed by atoms with Crippen molar-refractivity contribution in [3.8, 4) is 11.1 Å². The summed E-state index contributed by atoms with van der Waals surface area (Å²) in [7, 11) is 0. The molecule has 3 nitrogen and oxygen atoms in total. The molecule has 17 heavy (non-hydrogen) atoms. The maximum absolute atomic E-state index is 13.3. The molecule has 2 heterocycles. The van der Waals surface area contributed by atoms with Crippen LogP contribution in [0.25, 0.3) is 16.8 Å². The second kappa shape index (κ2) is 3.66. The Bertz CT molecular complexity index is 688. The van der Waals surface area contributed by atoms with E-state index < -0.39 is 0 Å². The maximum atomic E-state index is 13.3. The van der Waals surface area contributed by atoms with Crippen molar-refractivity contribution in [1.29, 1.82) is 0 Å². The minimum Gasteiger partial charge on any atom is -0.236 e. The summed E-state index contributed by atoms with van der Waals surface area (Å²) in [6.45, 7) is 1.95. The first-order valence-corrected chi connectivity index (χ1v) is 5.30. The fourth-order valence-corrected chi connectivity index (χ4v) is 1.90. The summed E-state index contributed by atoms with van der Waals surface area (Å²) < 4.78 is 15.0. The van der Waals surface area contributed by atoms with E-state index >= 15 is 0 Å². The summed E-state index contributed by atoms with van der Waals surface area (Å²) in [5, 5.41) is 4.20. The van der Waals surface area contributed by atoms with Gasteiger partial charge >= 0.3 is 0 Å². The highest BCUT2D eigenvalue weighted by Gasteiger charge is 2.10. The highest BCUT2D eigenvalue weighted by Crippen LogP contribution is 2.26. The summed E-state index contributed by atoms with van der Waals surface area (Å²) in [6, 6.07) is 6.54. The molecule has 0 atom stereocenters. The molecule has 3 rings (SSSR count). The molecular formula is C13H10FN3. The molecule has 0 radical (unpaired) electrons. The molecule has 0 saturated carbocycles. The van der Waals surface area contributed by atoms with Gasteiger partial charge < -0.3 is 0 Å². The fourth-order valence-electron chi connectivity index (χ4n) is 1.90. The summed E-state index contributed by atoms with van der Waals surface area (Å²) in [4.78, 5) is 4.27. The molecule has 0 unspecified atom stereocenters. The van der Waals surface area contributed by atoms with Gasteiger partial charge in [0.15, 0.2) is 5.65 Å². The van der Waals surface area contributed by atoms with Crippen molar-refractivity contribution in [2.24, 2.45) is 0 Å². The largest absolute Gasteiger partial charge is 0.236 e. The zero-order valence-corrected chi connectivity index (χ0v) is 9.26. The Hall–Kier alpha value is -2.23. The van der Waals surface area contributed by atoms with E-state index in [0.717, 1.165) is 22.3 Å². The van der Waals surface area contributed by atoms with Crippen LogP contribution in [0.5, 0.6) is 0 Å². The lowest BCUT2D eigenvalue weighted by Crippen LogP contribution is -1.89. The molecule has 4 heteroatoms. The molecule has 0 bridgehead atoms. The van der Waals surface area contributed by atoms with Crippen LogP contribution in [0.3, 0.4) is 0 Å². The van der Waals surface area contributed by atoms with E-state index in [1.807, 2.05) is 19.2 Å². The standard InChI is InChI=1S/C13H10FN3/c1-9-3-4-10(14)7-11(9)12-8-16-17-6-2-5-15-13(12)17/h2-8H,1H3. The molecule has 0 spiro atoms. The molecule has 0 saturated heterocycles. The Balaban J connectivity index is 2.31. The van der Waals surface area contributed by atoms with Crippen molar-refractivity contribution in [2.45, 2.75) is 6.92 Å². The number of fused-ring (bicyclic) bond motifs is 1. The van der Waals surface area contributed by atoms with Crippen molar-refractivity contribution in [1.82, 2.24) is 14.6 Å². The summed E-state index contributed by atoms with van der Waals surface area (Å²) in [5.41, 5.74) is 3.43. The third-order valence-corrected chi connectivity index (χ3v) is 2.77. The Morgan fingerprint density at radius 1 is 1.24 bits per heavy atom. The third kappa shape index (κ3) is 1.58. The highest BCUT2D eigenvalue weighted by molar-refractivity contribution is 5.78. The number of hydrogen-bond acceptors (Lipinski definition) is 2. The molecule has 84 valence electrons. The Morgan fingerprint density at radius 3 is 3.00 bits per heavy atom. The molecule has 0 fully saturated rings. The average molecular weight is 227 g/mol. The summed E-state index contributed by atoms with van der Waals surface area (Å²) in [5.74, 6) is -0.249. The van der Waals surface area contributed by atoms with Crippen LogP contribution < -0.4 is 0 Å². The van der Waals surface area contributed by atoms with Crippen molar-refractivity contribution < 1.29 is 4.39 Å². The first-order valence-electron chi connectivity index (χ1n) is 5.30. The lowest BCUT2D eigenvalue weighted by atomic mass is 10.0. The van der Waals surface area contributed by atoms with E-state index in [2.05, 4.69) is 10.1 Å². The minimum atomic E-state index is -0.249. The van der Waals surface area contributed by atoms with Crippen LogP contribution in [0.4, 0.5) is 4.39 Å². The Morgan fingerprint density at radius 2 is 2.12 bits per heavy atom. The van der Waals surface area contributed by atoms with Gasteiger partial charge in [0.05, 0.1) is 6.20 Å². The zero-order chi connectivity index (χ0) is 11.8. The SMILES string of the molecule is Cc1ccc(F)cc1-c1cnn2cccnc12. The first-order chi connectivity index (χ1) is 8.25. The first kappa shape index (κ1) is 9.96. The number of nitrogens with zero attached hydrogens (tertiary/aromatic N) is 3. The highest BCUT2D eigenvalue weighted by atomic mass is 19.1. The molecule has 0 aliphatic carbocycles. The second-order valence-electron chi connectivity index (χ2n) is 3.91. The minimum absolute atomic E-state index is 0.249. The number of rotatable bonds is 1. The van der Waals surface area contributed by atoms with Crippen molar-refractivity contribution in [2.75, 3.05) is 0 Å². The molecule has 1 aromatic carbocycles. The van der Waals surface area contributed by atoms with Crippen LogP contribution in [0.1, 0.15) is 5.56 Å². The Kier molecular flexibility index (Phi) is 2.14. The van der Waals surface area contributed by atoms with E-state index in [-0.39, 0.29) is 5.82 Å². The summed E-state index contributed by atoms with van der Waals surface area (Å²) in [6.07, 6.45) is 5.24. The van der Waals surface area contributed by atoms with Crippen LogP contribution in [-0.4, -0.2) is 14.6 Å². The van der Waals surface area contributed by atoms with E-state index in [0.29, 0.717) is 0 Å². The van der Waals surface area contributed by atoms with Crippen LogP contribution in [0.2, 0.25) is 0 Å². The van der Waals surface area contributed by atoms with E-state index in [9.17, 15) is 4.39 Å². The molecule has 0 amide bonds. The predicted octanol–water partition coefficient (Wildman–Crippen LogP) is 2.84. The Labute approximate surface area is 97.5 Å². The number of aryl methyl sites for hydroxylation is 1. The lowest BCUT2D eigenvalue weighted by molar-refractivity contribution is 0.628. The quantitative estimate of drug-likeness (QED) is 0.640. The maximum Gasteiger partial charge on any atom is 0.162 e. The van der Waals surface area contributed by atoms with Crippen LogP contribution in [0, 0.1) is 12.7 Å². The number of aromatic nitrogens is 3. The van der Waals surface area contributed by atoms with Gasteiger partial charge in [-0.05, 0) is 36.2 Å². The van der Waals surface area contributed by atoms with Gasteiger partial charge in [0.25, 0.3) is 0 Å².